The highest BCUT2D eigenvalue weighted by Gasteiger charge is 2.29. The van der Waals surface area contributed by atoms with Crippen molar-refractivity contribution in [3.05, 3.63) is 89.0 Å². The highest BCUT2D eigenvalue weighted by molar-refractivity contribution is 7.92. The first kappa shape index (κ1) is 27.7. The van der Waals surface area contributed by atoms with Gasteiger partial charge in [-0.2, -0.15) is 0 Å². The standard InChI is InChI=1S/C31H39N3O3S/c1-22-6-13-29(14-7-22)38(36,37)34(30-15-8-24(3)20-25(30)4)21-31(35)32-26(5)27-9-11-28(12-10-27)33-18-16-23(2)17-19-33/h6-15,20,23,26H,16-19,21H2,1-5H3,(H,32,35). The largest absolute Gasteiger partial charge is 0.372 e. The average molecular weight is 534 g/mol. The summed E-state index contributed by atoms with van der Waals surface area (Å²) in [6.45, 7) is 11.8. The van der Waals surface area contributed by atoms with Gasteiger partial charge in [-0.1, -0.05) is 54.4 Å². The molecule has 0 radical (unpaired) electrons. The van der Waals surface area contributed by atoms with Crippen LogP contribution in [0.2, 0.25) is 0 Å². The minimum Gasteiger partial charge on any atom is -0.372 e. The van der Waals surface area contributed by atoms with Crippen molar-refractivity contribution in [3.63, 3.8) is 0 Å². The number of amides is 1. The molecule has 0 aliphatic carbocycles. The molecule has 1 fully saturated rings. The third kappa shape index (κ3) is 6.38. The van der Waals surface area contributed by atoms with Crippen molar-refractivity contribution in [2.45, 2.75) is 58.4 Å². The summed E-state index contributed by atoms with van der Waals surface area (Å²) in [5.41, 5.74) is 5.47. The number of rotatable bonds is 8. The minimum atomic E-state index is -3.96. The van der Waals surface area contributed by atoms with Gasteiger partial charge in [0, 0.05) is 18.8 Å². The molecule has 1 unspecified atom stereocenters. The lowest BCUT2D eigenvalue weighted by Crippen LogP contribution is -2.42. The number of carbonyl (C=O) groups is 1. The number of benzene rings is 3. The summed E-state index contributed by atoms with van der Waals surface area (Å²) in [4.78, 5) is 15.8. The van der Waals surface area contributed by atoms with E-state index in [0.717, 1.165) is 41.3 Å². The Morgan fingerprint density at radius 1 is 0.947 bits per heavy atom. The average Bonchev–Trinajstić information content (AvgIpc) is 2.88. The molecule has 3 aromatic carbocycles. The van der Waals surface area contributed by atoms with Crippen molar-refractivity contribution < 1.29 is 13.2 Å². The first-order valence-electron chi connectivity index (χ1n) is 13.4. The first-order chi connectivity index (χ1) is 18.0. The number of piperidine rings is 1. The zero-order chi connectivity index (χ0) is 27.4. The third-order valence-electron chi connectivity index (χ3n) is 7.44. The fourth-order valence-corrected chi connectivity index (χ4v) is 6.45. The lowest BCUT2D eigenvalue weighted by atomic mass is 9.98. The monoisotopic (exact) mass is 533 g/mol. The van der Waals surface area contributed by atoms with Crippen LogP contribution in [0.3, 0.4) is 0 Å². The Hall–Kier alpha value is -3.32. The van der Waals surface area contributed by atoms with Gasteiger partial charge >= 0.3 is 0 Å². The fourth-order valence-electron chi connectivity index (χ4n) is 4.96. The molecule has 1 atom stereocenters. The predicted octanol–water partition coefficient (Wildman–Crippen LogP) is 5.92. The van der Waals surface area contributed by atoms with Crippen LogP contribution in [0.5, 0.6) is 0 Å². The van der Waals surface area contributed by atoms with Crippen molar-refractivity contribution in [2.75, 3.05) is 28.8 Å². The molecule has 0 bridgehead atoms. The van der Waals surface area contributed by atoms with Crippen LogP contribution in [0.15, 0.2) is 71.6 Å². The van der Waals surface area contributed by atoms with Crippen LogP contribution >= 0.6 is 0 Å². The van der Waals surface area contributed by atoms with E-state index in [1.807, 2.05) is 52.0 Å². The Bertz CT molecular complexity index is 1360. The van der Waals surface area contributed by atoms with Crippen molar-refractivity contribution in [1.82, 2.24) is 5.32 Å². The molecule has 7 heteroatoms. The van der Waals surface area contributed by atoms with Crippen LogP contribution in [0, 0.1) is 26.7 Å². The van der Waals surface area contributed by atoms with Crippen LogP contribution in [0.1, 0.15) is 55.0 Å². The van der Waals surface area contributed by atoms with E-state index in [4.69, 9.17) is 0 Å². The number of nitrogens with zero attached hydrogens (tertiary/aromatic N) is 2. The number of nitrogens with one attached hydrogen (secondary N) is 1. The number of carbonyl (C=O) groups excluding carboxylic acids is 1. The van der Waals surface area contributed by atoms with E-state index >= 15 is 0 Å². The molecule has 0 aromatic heterocycles. The van der Waals surface area contributed by atoms with E-state index in [1.54, 1.807) is 30.3 Å². The van der Waals surface area contributed by atoms with Crippen molar-refractivity contribution in [3.8, 4) is 0 Å². The molecule has 6 nitrogen and oxygen atoms in total. The molecule has 1 aliphatic heterocycles. The SMILES string of the molecule is Cc1ccc(S(=O)(=O)N(CC(=O)NC(C)c2ccc(N3CCC(C)CC3)cc2)c2ccc(C)cc2C)cc1. The number of hydrogen-bond donors (Lipinski definition) is 1. The fraction of sp³-hybridized carbons (Fsp3) is 0.387. The minimum absolute atomic E-state index is 0.159. The van der Waals surface area contributed by atoms with Crippen LogP contribution in [-0.4, -0.2) is 34.0 Å². The Kier molecular flexibility index (Phi) is 8.46. The van der Waals surface area contributed by atoms with E-state index in [1.165, 1.54) is 22.8 Å². The van der Waals surface area contributed by atoms with E-state index in [-0.39, 0.29) is 23.4 Å². The molecule has 0 saturated carbocycles. The van der Waals surface area contributed by atoms with Gasteiger partial charge in [0.25, 0.3) is 10.0 Å². The first-order valence-corrected chi connectivity index (χ1v) is 14.8. The molecule has 3 aromatic rings. The summed E-state index contributed by atoms with van der Waals surface area (Å²) in [7, 11) is -3.96. The van der Waals surface area contributed by atoms with Gasteiger partial charge in [-0.05, 0) is 87.9 Å². The molecule has 1 heterocycles. The smallest absolute Gasteiger partial charge is 0.264 e. The Morgan fingerprint density at radius 3 is 2.16 bits per heavy atom. The Balaban J connectivity index is 1.52. The highest BCUT2D eigenvalue weighted by atomic mass is 32.2. The van der Waals surface area contributed by atoms with Crippen molar-refractivity contribution in [1.29, 1.82) is 0 Å². The summed E-state index contributed by atoms with van der Waals surface area (Å²) in [6, 6.07) is 20.3. The Morgan fingerprint density at radius 2 is 1.55 bits per heavy atom. The maximum absolute atomic E-state index is 13.7. The maximum atomic E-state index is 13.7. The number of anilines is 2. The second-order valence-electron chi connectivity index (χ2n) is 10.7. The van der Waals surface area contributed by atoms with E-state index < -0.39 is 10.0 Å². The summed E-state index contributed by atoms with van der Waals surface area (Å²) in [5, 5.41) is 3.01. The van der Waals surface area contributed by atoms with E-state index in [9.17, 15) is 13.2 Å². The molecule has 38 heavy (non-hydrogen) atoms. The third-order valence-corrected chi connectivity index (χ3v) is 9.21. The van der Waals surface area contributed by atoms with Gasteiger partial charge in [-0.15, -0.1) is 0 Å². The number of hydrogen-bond acceptors (Lipinski definition) is 4. The molecular formula is C31H39N3O3S. The van der Waals surface area contributed by atoms with Crippen LogP contribution < -0.4 is 14.5 Å². The van der Waals surface area contributed by atoms with Gasteiger partial charge in [0.05, 0.1) is 16.6 Å². The second kappa shape index (κ2) is 11.6. The highest BCUT2D eigenvalue weighted by Crippen LogP contribution is 2.28. The molecule has 4 rings (SSSR count). The van der Waals surface area contributed by atoms with Crippen molar-refractivity contribution >= 4 is 27.3 Å². The predicted molar refractivity (Wildman–Crippen MR) is 155 cm³/mol. The van der Waals surface area contributed by atoms with Crippen LogP contribution in [0.25, 0.3) is 0 Å². The quantitative estimate of drug-likeness (QED) is 0.390. The molecule has 202 valence electrons. The molecule has 1 aliphatic rings. The normalized spacial score (nSPS) is 15.2. The molecule has 1 amide bonds. The molecule has 1 N–H and O–H groups in total. The Labute approximate surface area is 227 Å². The van der Waals surface area contributed by atoms with Gasteiger partial charge in [0.1, 0.15) is 6.54 Å². The second-order valence-corrected chi connectivity index (χ2v) is 12.5. The van der Waals surface area contributed by atoms with Gasteiger partial charge in [-0.3, -0.25) is 9.10 Å². The molecular weight excluding hydrogens is 494 g/mol. The van der Waals surface area contributed by atoms with Crippen LogP contribution in [-0.2, 0) is 14.8 Å². The topological polar surface area (TPSA) is 69.7 Å². The lowest BCUT2D eigenvalue weighted by molar-refractivity contribution is -0.120. The van der Waals surface area contributed by atoms with Gasteiger partial charge in [0.15, 0.2) is 0 Å². The maximum Gasteiger partial charge on any atom is 0.264 e. The van der Waals surface area contributed by atoms with Gasteiger partial charge < -0.3 is 10.2 Å². The van der Waals surface area contributed by atoms with Gasteiger partial charge in [-0.25, -0.2) is 8.42 Å². The van der Waals surface area contributed by atoms with Crippen LogP contribution in [0.4, 0.5) is 11.4 Å². The molecule has 0 spiro atoms. The zero-order valence-electron chi connectivity index (χ0n) is 23.1. The summed E-state index contributed by atoms with van der Waals surface area (Å²) in [5.74, 6) is 0.418. The van der Waals surface area contributed by atoms with Gasteiger partial charge in [0.2, 0.25) is 5.91 Å². The summed E-state index contributed by atoms with van der Waals surface area (Å²) < 4.78 is 28.7. The summed E-state index contributed by atoms with van der Waals surface area (Å²) >= 11 is 0. The molecule has 1 saturated heterocycles. The zero-order valence-corrected chi connectivity index (χ0v) is 23.9. The summed E-state index contributed by atoms with van der Waals surface area (Å²) in [6.07, 6.45) is 2.41. The number of aryl methyl sites for hydroxylation is 3. The lowest BCUT2D eigenvalue weighted by Gasteiger charge is -2.32. The van der Waals surface area contributed by atoms with E-state index in [2.05, 4.69) is 29.3 Å². The van der Waals surface area contributed by atoms with E-state index in [0.29, 0.717) is 5.69 Å². The number of sulfonamides is 1. The van der Waals surface area contributed by atoms with Crippen molar-refractivity contribution in [2.24, 2.45) is 5.92 Å².